The van der Waals surface area contributed by atoms with Gasteiger partial charge in [0.05, 0.1) is 17.9 Å². The number of amides is 1. The van der Waals surface area contributed by atoms with Crippen LogP contribution >= 0.6 is 11.6 Å². The number of carbonyl (C=O) groups is 2. The molecule has 0 bridgehead atoms. The molecular weight excluding hydrogens is 294 g/mol. The lowest BCUT2D eigenvalue weighted by Crippen LogP contribution is -2.14. The highest BCUT2D eigenvalue weighted by Gasteiger charge is 2.14. The molecule has 108 valence electrons. The third-order valence-electron chi connectivity index (χ3n) is 2.86. The van der Waals surface area contributed by atoms with E-state index in [0.717, 1.165) is 0 Å². The van der Waals surface area contributed by atoms with E-state index in [9.17, 15) is 9.59 Å². The van der Waals surface area contributed by atoms with E-state index in [4.69, 9.17) is 21.8 Å². The molecule has 3 N–H and O–H groups in total. The normalized spacial score (nSPS) is 10.2. The number of rotatable bonds is 4. The van der Waals surface area contributed by atoms with Crippen LogP contribution in [0.15, 0.2) is 42.5 Å². The number of aromatic carboxylic acids is 1. The Morgan fingerprint density at radius 2 is 1.76 bits per heavy atom. The van der Waals surface area contributed by atoms with E-state index in [2.05, 4.69) is 5.32 Å². The third kappa shape index (κ3) is 3.59. The number of nitrogens with one attached hydrogen (secondary N) is 1. The summed E-state index contributed by atoms with van der Waals surface area (Å²) in [6.45, 7) is -0.109. The Morgan fingerprint density at radius 3 is 2.33 bits per heavy atom. The molecule has 0 atom stereocenters. The van der Waals surface area contributed by atoms with Crippen LogP contribution < -0.4 is 5.32 Å². The van der Waals surface area contributed by atoms with Gasteiger partial charge in [0.1, 0.15) is 0 Å². The molecule has 2 rings (SSSR count). The highest BCUT2D eigenvalue weighted by atomic mass is 35.5. The first kappa shape index (κ1) is 15.0. The summed E-state index contributed by atoms with van der Waals surface area (Å²) in [4.78, 5) is 23.2. The van der Waals surface area contributed by atoms with Gasteiger partial charge in [-0.05, 0) is 35.9 Å². The number of hydrogen-bond donors (Lipinski definition) is 3. The molecule has 2 aromatic rings. The zero-order chi connectivity index (χ0) is 15.4. The number of carboxylic acids is 1. The van der Waals surface area contributed by atoms with Gasteiger partial charge >= 0.3 is 5.97 Å². The minimum absolute atomic E-state index is 0.0807. The summed E-state index contributed by atoms with van der Waals surface area (Å²) < 4.78 is 0. The number of halogens is 1. The Kier molecular flexibility index (Phi) is 4.57. The molecule has 0 radical (unpaired) electrons. The van der Waals surface area contributed by atoms with E-state index in [1.807, 2.05) is 0 Å². The molecule has 0 saturated heterocycles. The van der Waals surface area contributed by atoms with Crippen molar-refractivity contribution in [2.24, 2.45) is 0 Å². The minimum Gasteiger partial charge on any atom is -0.478 e. The fourth-order valence-corrected chi connectivity index (χ4v) is 1.93. The van der Waals surface area contributed by atoms with Crippen molar-refractivity contribution in [2.75, 3.05) is 5.32 Å². The van der Waals surface area contributed by atoms with E-state index in [1.165, 1.54) is 18.2 Å². The van der Waals surface area contributed by atoms with Crippen LogP contribution in [0.5, 0.6) is 0 Å². The van der Waals surface area contributed by atoms with Crippen molar-refractivity contribution in [3.8, 4) is 0 Å². The predicted molar refractivity (Wildman–Crippen MR) is 78.7 cm³/mol. The van der Waals surface area contributed by atoms with Crippen molar-refractivity contribution in [3.63, 3.8) is 0 Å². The smallest absolute Gasteiger partial charge is 0.337 e. The predicted octanol–water partition coefficient (Wildman–Crippen LogP) is 2.78. The molecule has 2 aromatic carbocycles. The SMILES string of the molecule is O=C(Nc1ccc(Cl)cc1C(=O)O)c1ccc(CO)cc1. The summed E-state index contributed by atoms with van der Waals surface area (Å²) in [6, 6.07) is 10.6. The summed E-state index contributed by atoms with van der Waals surface area (Å²) in [7, 11) is 0. The van der Waals surface area contributed by atoms with Gasteiger partial charge in [0, 0.05) is 10.6 Å². The number of carboxylic acid groups (broad SMARTS) is 1. The molecule has 21 heavy (non-hydrogen) atoms. The molecule has 0 aliphatic rings. The van der Waals surface area contributed by atoms with E-state index < -0.39 is 11.9 Å². The zero-order valence-electron chi connectivity index (χ0n) is 10.8. The van der Waals surface area contributed by atoms with Gasteiger partial charge < -0.3 is 15.5 Å². The summed E-state index contributed by atoms with van der Waals surface area (Å²) >= 11 is 5.75. The van der Waals surface area contributed by atoms with Crippen LogP contribution in [0.2, 0.25) is 5.02 Å². The quantitative estimate of drug-likeness (QED) is 0.810. The third-order valence-corrected chi connectivity index (χ3v) is 3.09. The van der Waals surface area contributed by atoms with Gasteiger partial charge in [-0.25, -0.2) is 4.79 Å². The molecule has 0 unspecified atom stereocenters. The maximum absolute atomic E-state index is 12.1. The molecule has 0 spiro atoms. The number of aliphatic hydroxyl groups is 1. The number of aliphatic hydroxyl groups excluding tert-OH is 1. The molecule has 0 aromatic heterocycles. The fourth-order valence-electron chi connectivity index (χ4n) is 1.76. The Bertz CT molecular complexity index is 683. The van der Waals surface area contributed by atoms with Crippen molar-refractivity contribution < 1.29 is 19.8 Å². The average molecular weight is 306 g/mol. The summed E-state index contributed by atoms with van der Waals surface area (Å²) in [5.74, 6) is -1.62. The molecule has 6 heteroatoms. The first-order chi connectivity index (χ1) is 10.0. The maximum atomic E-state index is 12.1. The second-order valence-corrected chi connectivity index (χ2v) is 4.74. The minimum atomic E-state index is -1.18. The number of anilines is 1. The molecule has 1 amide bonds. The van der Waals surface area contributed by atoms with Gasteiger partial charge in [-0.15, -0.1) is 0 Å². The Hall–Kier alpha value is -2.37. The molecule has 0 heterocycles. The zero-order valence-corrected chi connectivity index (χ0v) is 11.6. The van der Waals surface area contributed by atoms with E-state index >= 15 is 0 Å². The first-order valence-corrected chi connectivity index (χ1v) is 6.43. The first-order valence-electron chi connectivity index (χ1n) is 6.05. The second-order valence-electron chi connectivity index (χ2n) is 4.30. The van der Waals surface area contributed by atoms with Crippen LogP contribution in [0.25, 0.3) is 0 Å². The average Bonchev–Trinajstić information content (AvgIpc) is 2.49. The Labute approximate surface area is 125 Å². The van der Waals surface area contributed by atoms with Gasteiger partial charge in [-0.1, -0.05) is 23.7 Å². The van der Waals surface area contributed by atoms with Crippen LogP contribution in [-0.4, -0.2) is 22.1 Å². The second kappa shape index (κ2) is 6.39. The number of carbonyl (C=O) groups excluding carboxylic acids is 1. The van der Waals surface area contributed by atoms with Crippen LogP contribution in [0.4, 0.5) is 5.69 Å². The van der Waals surface area contributed by atoms with Gasteiger partial charge in [-0.2, -0.15) is 0 Å². The number of hydrogen-bond acceptors (Lipinski definition) is 3. The van der Waals surface area contributed by atoms with E-state index in [1.54, 1.807) is 24.3 Å². The molecule has 5 nitrogen and oxygen atoms in total. The lowest BCUT2D eigenvalue weighted by Gasteiger charge is -2.09. The van der Waals surface area contributed by atoms with E-state index in [0.29, 0.717) is 11.1 Å². The highest BCUT2D eigenvalue weighted by molar-refractivity contribution is 6.31. The molecular formula is C15H12ClNO4. The topological polar surface area (TPSA) is 86.6 Å². The van der Waals surface area contributed by atoms with E-state index in [-0.39, 0.29) is 22.9 Å². The standard InChI is InChI=1S/C15H12ClNO4/c16-11-5-6-13(12(7-11)15(20)21)17-14(19)10-3-1-9(8-18)2-4-10/h1-7,18H,8H2,(H,17,19)(H,20,21). The van der Waals surface area contributed by atoms with Crippen molar-refractivity contribution in [3.05, 3.63) is 64.2 Å². The van der Waals surface area contributed by atoms with Crippen molar-refractivity contribution in [1.29, 1.82) is 0 Å². The summed E-state index contributed by atoms with van der Waals surface area (Å²) in [5.41, 5.74) is 1.13. The van der Waals surface area contributed by atoms with Gasteiger partial charge in [-0.3, -0.25) is 4.79 Å². The van der Waals surface area contributed by atoms with Gasteiger partial charge in [0.15, 0.2) is 0 Å². The molecule has 0 aliphatic carbocycles. The fraction of sp³-hybridized carbons (Fsp3) is 0.0667. The van der Waals surface area contributed by atoms with Crippen LogP contribution in [0.1, 0.15) is 26.3 Å². The summed E-state index contributed by atoms with van der Waals surface area (Å²) in [6.07, 6.45) is 0. The lowest BCUT2D eigenvalue weighted by atomic mass is 10.1. The summed E-state index contributed by atoms with van der Waals surface area (Å²) in [5, 5.41) is 20.9. The monoisotopic (exact) mass is 305 g/mol. The van der Waals surface area contributed by atoms with Crippen molar-refractivity contribution in [1.82, 2.24) is 0 Å². The largest absolute Gasteiger partial charge is 0.478 e. The van der Waals surface area contributed by atoms with Gasteiger partial charge in [0.2, 0.25) is 0 Å². The van der Waals surface area contributed by atoms with Crippen LogP contribution in [-0.2, 0) is 6.61 Å². The highest BCUT2D eigenvalue weighted by Crippen LogP contribution is 2.21. The molecule has 0 saturated carbocycles. The molecule has 0 fully saturated rings. The number of benzene rings is 2. The van der Waals surface area contributed by atoms with Crippen molar-refractivity contribution >= 4 is 29.2 Å². The lowest BCUT2D eigenvalue weighted by molar-refractivity contribution is 0.0698. The Morgan fingerprint density at radius 1 is 1.10 bits per heavy atom. The van der Waals surface area contributed by atoms with Gasteiger partial charge in [0.25, 0.3) is 5.91 Å². The van der Waals surface area contributed by atoms with Crippen LogP contribution in [0, 0.1) is 0 Å². The molecule has 0 aliphatic heterocycles. The Balaban J connectivity index is 2.24. The van der Waals surface area contributed by atoms with Crippen LogP contribution in [0.3, 0.4) is 0 Å². The van der Waals surface area contributed by atoms with Crippen molar-refractivity contribution in [2.45, 2.75) is 6.61 Å². The maximum Gasteiger partial charge on any atom is 0.337 e.